The molecular weight excluding hydrogens is 258 g/mol. The molecule has 0 bridgehead atoms. The number of aliphatic imine (C=N–C) groups is 1. The Labute approximate surface area is 120 Å². The molecule has 0 amide bonds. The van der Waals surface area contributed by atoms with Gasteiger partial charge < -0.3 is 4.74 Å². The normalized spacial score (nSPS) is 22.6. The standard InChI is InChI=1S/C14H25N3O3/c1-20-14(15-12-8-4-2-5-9-12)16(17(18)19)13-10-6-3-7-11-13/h12-13H,2-11H2,1H3. The van der Waals surface area contributed by atoms with E-state index in [2.05, 4.69) is 4.99 Å². The number of hydrogen-bond acceptors (Lipinski definition) is 4. The van der Waals surface area contributed by atoms with E-state index in [4.69, 9.17) is 4.74 Å². The lowest BCUT2D eigenvalue weighted by Crippen LogP contribution is -2.46. The molecule has 0 aromatic carbocycles. The van der Waals surface area contributed by atoms with E-state index in [9.17, 15) is 10.1 Å². The molecule has 2 saturated carbocycles. The van der Waals surface area contributed by atoms with Gasteiger partial charge in [0.25, 0.3) is 0 Å². The van der Waals surface area contributed by atoms with Crippen LogP contribution in [0.3, 0.4) is 0 Å². The maximum atomic E-state index is 11.4. The Hall–Kier alpha value is -1.33. The van der Waals surface area contributed by atoms with Gasteiger partial charge in [-0.2, -0.15) is 0 Å². The van der Waals surface area contributed by atoms with Gasteiger partial charge >= 0.3 is 6.02 Å². The lowest BCUT2D eigenvalue weighted by Gasteiger charge is -2.28. The van der Waals surface area contributed by atoms with Gasteiger partial charge in [-0.3, -0.25) is 0 Å². The van der Waals surface area contributed by atoms with Gasteiger partial charge in [-0.05, 0) is 30.7 Å². The second kappa shape index (κ2) is 7.45. The van der Waals surface area contributed by atoms with E-state index in [1.165, 1.54) is 25.0 Å². The first kappa shape index (κ1) is 15.1. The van der Waals surface area contributed by atoms with Crippen molar-refractivity contribution in [2.24, 2.45) is 4.99 Å². The van der Waals surface area contributed by atoms with Crippen LogP contribution in [0, 0.1) is 10.1 Å². The molecule has 0 N–H and O–H groups in total. The molecular formula is C14H25N3O3. The highest BCUT2D eigenvalue weighted by atomic mass is 16.7. The summed E-state index contributed by atoms with van der Waals surface area (Å²) in [5.41, 5.74) is 0. The Morgan fingerprint density at radius 3 is 2.15 bits per heavy atom. The van der Waals surface area contributed by atoms with Crippen molar-refractivity contribution in [3.8, 4) is 0 Å². The Kier molecular flexibility index (Phi) is 5.61. The average molecular weight is 283 g/mol. The van der Waals surface area contributed by atoms with Crippen LogP contribution in [0.15, 0.2) is 4.99 Å². The number of rotatable bonds is 3. The predicted molar refractivity (Wildman–Crippen MR) is 77.0 cm³/mol. The van der Waals surface area contributed by atoms with Crippen LogP contribution in [0.25, 0.3) is 0 Å². The molecule has 114 valence electrons. The van der Waals surface area contributed by atoms with Crippen molar-refractivity contribution < 1.29 is 9.77 Å². The fourth-order valence-electron chi connectivity index (χ4n) is 3.26. The van der Waals surface area contributed by atoms with Gasteiger partial charge in [0.2, 0.25) is 0 Å². The van der Waals surface area contributed by atoms with Gasteiger partial charge in [0.15, 0.2) is 5.03 Å². The molecule has 0 atom stereocenters. The Morgan fingerprint density at radius 1 is 1.10 bits per heavy atom. The van der Waals surface area contributed by atoms with Crippen LogP contribution in [0.5, 0.6) is 0 Å². The van der Waals surface area contributed by atoms with Crippen LogP contribution in [-0.2, 0) is 4.74 Å². The summed E-state index contributed by atoms with van der Waals surface area (Å²) in [7, 11) is 1.49. The Balaban J connectivity index is 2.11. The first-order valence-corrected chi connectivity index (χ1v) is 7.77. The summed E-state index contributed by atoms with van der Waals surface area (Å²) in [5.74, 6) is 0. The Bertz CT molecular complexity index is 348. The third-order valence-corrected chi connectivity index (χ3v) is 4.34. The second-order valence-corrected chi connectivity index (χ2v) is 5.78. The van der Waals surface area contributed by atoms with Gasteiger partial charge in [-0.1, -0.05) is 38.5 Å². The molecule has 2 fully saturated rings. The number of ether oxygens (including phenoxy) is 1. The third-order valence-electron chi connectivity index (χ3n) is 4.34. The zero-order valence-corrected chi connectivity index (χ0v) is 12.3. The lowest BCUT2D eigenvalue weighted by atomic mass is 9.95. The minimum Gasteiger partial charge on any atom is -0.465 e. The van der Waals surface area contributed by atoms with Gasteiger partial charge in [0, 0.05) is 0 Å². The summed E-state index contributed by atoms with van der Waals surface area (Å²) in [6, 6.07) is 0.319. The molecule has 0 radical (unpaired) electrons. The van der Waals surface area contributed by atoms with Crippen molar-refractivity contribution in [3.63, 3.8) is 0 Å². The van der Waals surface area contributed by atoms with Crippen molar-refractivity contribution in [2.45, 2.75) is 76.3 Å². The average Bonchev–Trinajstić information content (AvgIpc) is 2.48. The van der Waals surface area contributed by atoms with E-state index in [0.717, 1.165) is 51.4 Å². The molecule has 0 saturated heterocycles. The molecule has 0 aromatic heterocycles. The summed E-state index contributed by atoms with van der Waals surface area (Å²) in [6.45, 7) is 0. The first-order chi connectivity index (χ1) is 9.72. The summed E-state index contributed by atoms with van der Waals surface area (Å²) in [4.78, 5) is 15.9. The summed E-state index contributed by atoms with van der Waals surface area (Å²) < 4.78 is 5.26. The van der Waals surface area contributed by atoms with Crippen LogP contribution in [0.2, 0.25) is 0 Å². The zero-order valence-electron chi connectivity index (χ0n) is 12.3. The minimum absolute atomic E-state index is 0.0685. The molecule has 0 aliphatic heterocycles. The van der Waals surface area contributed by atoms with Crippen molar-refractivity contribution in [1.82, 2.24) is 5.01 Å². The van der Waals surface area contributed by atoms with Crippen molar-refractivity contribution in [3.05, 3.63) is 10.1 Å². The van der Waals surface area contributed by atoms with E-state index >= 15 is 0 Å². The largest absolute Gasteiger partial charge is 0.465 e. The van der Waals surface area contributed by atoms with Crippen LogP contribution in [0.4, 0.5) is 0 Å². The number of nitro groups is 1. The van der Waals surface area contributed by atoms with Crippen molar-refractivity contribution >= 4 is 6.02 Å². The maximum absolute atomic E-state index is 11.4. The molecule has 2 rings (SSSR count). The van der Waals surface area contributed by atoms with Gasteiger partial charge in [-0.25, -0.2) is 15.1 Å². The Morgan fingerprint density at radius 2 is 1.65 bits per heavy atom. The van der Waals surface area contributed by atoms with Crippen LogP contribution in [-0.4, -0.2) is 35.3 Å². The smallest absolute Gasteiger partial charge is 0.347 e. The first-order valence-electron chi connectivity index (χ1n) is 7.77. The quantitative estimate of drug-likeness (QED) is 0.345. The van der Waals surface area contributed by atoms with Gasteiger partial charge in [0.05, 0.1) is 13.2 Å². The molecule has 20 heavy (non-hydrogen) atoms. The summed E-state index contributed by atoms with van der Waals surface area (Å²) in [6.07, 6.45) is 10.6. The van der Waals surface area contributed by atoms with Gasteiger partial charge in [0.1, 0.15) is 6.04 Å². The van der Waals surface area contributed by atoms with E-state index < -0.39 is 0 Å². The highest BCUT2D eigenvalue weighted by Gasteiger charge is 2.34. The molecule has 0 spiro atoms. The molecule has 6 nitrogen and oxygen atoms in total. The minimum atomic E-state index is -0.346. The van der Waals surface area contributed by atoms with E-state index in [1.807, 2.05) is 0 Å². The van der Waals surface area contributed by atoms with Crippen LogP contribution < -0.4 is 0 Å². The second-order valence-electron chi connectivity index (χ2n) is 5.78. The number of amidine groups is 1. The molecule has 0 aromatic rings. The molecule has 6 heteroatoms. The van der Waals surface area contributed by atoms with E-state index in [1.54, 1.807) is 0 Å². The SMILES string of the molecule is COC(=NC1CCCCC1)N(C1CCCCC1)[N+](=O)[O-]. The summed E-state index contributed by atoms with van der Waals surface area (Å²) in [5, 5.41) is 12.2. The molecule has 0 heterocycles. The van der Waals surface area contributed by atoms with E-state index in [0.29, 0.717) is 0 Å². The molecule has 2 aliphatic rings. The fraction of sp³-hybridized carbons (Fsp3) is 0.929. The highest BCUT2D eigenvalue weighted by molar-refractivity contribution is 5.73. The number of hydrogen-bond donors (Lipinski definition) is 0. The highest BCUT2D eigenvalue weighted by Crippen LogP contribution is 2.25. The fourth-order valence-corrected chi connectivity index (χ4v) is 3.26. The lowest BCUT2D eigenvalue weighted by molar-refractivity contribution is -0.641. The molecule has 2 aliphatic carbocycles. The number of nitrogens with zero attached hydrogens (tertiary/aromatic N) is 3. The van der Waals surface area contributed by atoms with E-state index in [-0.39, 0.29) is 23.1 Å². The zero-order chi connectivity index (χ0) is 14.4. The molecule has 0 unspecified atom stereocenters. The predicted octanol–water partition coefficient (Wildman–Crippen LogP) is 3.15. The van der Waals surface area contributed by atoms with Crippen LogP contribution in [0.1, 0.15) is 64.2 Å². The number of hydrazine groups is 1. The maximum Gasteiger partial charge on any atom is 0.347 e. The monoisotopic (exact) mass is 283 g/mol. The summed E-state index contributed by atoms with van der Waals surface area (Å²) >= 11 is 0. The van der Waals surface area contributed by atoms with Crippen molar-refractivity contribution in [1.29, 1.82) is 0 Å². The number of methoxy groups -OCH3 is 1. The topological polar surface area (TPSA) is 68.0 Å². The van der Waals surface area contributed by atoms with Crippen LogP contribution >= 0.6 is 0 Å². The van der Waals surface area contributed by atoms with Crippen molar-refractivity contribution in [2.75, 3.05) is 7.11 Å². The van der Waals surface area contributed by atoms with Gasteiger partial charge in [-0.15, -0.1) is 0 Å². The third kappa shape index (κ3) is 3.84.